The van der Waals surface area contributed by atoms with Crippen LogP contribution in [0.25, 0.3) is 0 Å². The van der Waals surface area contributed by atoms with Crippen LogP contribution >= 0.6 is 0 Å². The van der Waals surface area contributed by atoms with Gasteiger partial charge in [-0.25, -0.2) is 0 Å². The van der Waals surface area contributed by atoms with Crippen LogP contribution in [0, 0.1) is 26.7 Å². The minimum absolute atomic E-state index is 0.176. The van der Waals surface area contributed by atoms with Crippen molar-refractivity contribution in [1.29, 1.82) is 0 Å². The molecule has 1 amide bonds. The average molecular weight is 353 g/mol. The normalized spacial score (nSPS) is 11.7. The summed E-state index contributed by atoms with van der Waals surface area (Å²) >= 11 is 0. The van der Waals surface area contributed by atoms with Gasteiger partial charge >= 0.3 is 5.97 Å². The molecule has 2 rings (SSSR count). The molecule has 1 atom stereocenters. The summed E-state index contributed by atoms with van der Waals surface area (Å²) < 4.78 is 5.38. The molecule has 0 bridgehead atoms. The van der Waals surface area contributed by atoms with Crippen LogP contribution in [0.5, 0.6) is 0 Å². The fourth-order valence-electron chi connectivity index (χ4n) is 3.06. The molecule has 2 aromatic carbocycles. The van der Waals surface area contributed by atoms with E-state index in [0.717, 1.165) is 34.4 Å². The quantitative estimate of drug-likeness (QED) is 0.579. The Balaban J connectivity index is 2.08. The predicted octanol–water partition coefficient (Wildman–Crippen LogP) is 4.71. The number of rotatable bonds is 7. The van der Waals surface area contributed by atoms with Crippen molar-refractivity contribution in [3.05, 3.63) is 64.7 Å². The minimum Gasteiger partial charge on any atom is -0.460 e. The lowest BCUT2D eigenvalue weighted by Gasteiger charge is -2.18. The van der Waals surface area contributed by atoms with Crippen molar-refractivity contribution in [1.82, 2.24) is 0 Å². The Morgan fingerprint density at radius 1 is 1.04 bits per heavy atom. The summed E-state index contributed by atoms with van der Waals surface area (Å²) in [4.78, 5) is 25.2. The number of anilines is 1. The van der Waals surface area contributed by atoms with Gasteiger partial charge in [0.05, 0.1) is 0 Å². The molecule has 0 aliphatic carbocycles. The van der Waals surface area contributed by atoms with E-state index in [1.165, 1.54) is 0 Å². The average Bonchev–Trinajstić information content (AvgIpc) is 2.61. The number of nitrogens with one attached hydrogen (secondary N) is 1. The molecule has 4 heteroatoms. The van der Waals surface area contributed by atoms with Gasteiger partial charge in [-0.1, -0.05) is 61.4 Å². The lowest BCUT2D eigenvalue weighted by atomic mass is 10.0. The number of hydrogen-bond donors (Lipinski definition) is 1. The van der Waals surface area contributed by atoms with Crippen LogP contribution in [0.1, 0.15) is 42.0 Å². The zero-order chi connectivity index (χ0) is 19.1. The molecule has 1 unspecified atom stereocenters. The maximum absolute atomic E-state index is 12.7. The Morgan fingerprint density at radius 3 is 2.23 bits per heavy atom. The van der Waals surface area contributed by atoms with E-state index in [9.17, 15) is 9.59 Å². The molecule has 0 aliphatic rings. The third-order valence-electron chi connectivity index (χ3n) is 4.33. The van der Waals surface area contributed by atoms with Gasteiger partial charge in [-0.2, -0.15) is 0 Å². The van der Waals surface area contributed by atoms with Crippen LogP contribution in [0.3, 0.4) is 0 Å². The number of esters is 1. The van der Waals surface area contributed by atoms with E-state index in [-0.39, 0.29) is 12.5 Å². The first-order chi connectivity index (χ1) is 12.4. The number of hydrogen-bond acceptors (Lipinski definition) is 3. The first kappa shape index (κ1) is 19.7. The van der Waals surface area contributed by atoms with Gasteiger partial charge in [0.15, 0.2) is 0 Å². The van der Waals surface area contributed by atoms with Crippen LogP contribution in [0.15, 0.2) is 42.5 Å². The second-order valence-electron chi connectivity index (χ2n) is 6.70. The number of ether oxygens (including phenoxy) is 1. The topological polar surface area (TPSA) is 55.4 Å². The van der Waals surface area contributed by atoms with Gasteiger partial charge in [-0.3, -0.25) is 9.59 Å². The molecule has 138 valence electrons. The highest BCUT2D eigenvalue weighted by Crippen LogP contribution is 2.23. The molecule has 26 heavy (non-hydrogen) atoms. The second-order valence-corrected chi connectivity index (χ2v) is 6.70. The Bertz CT molecular complexity index is 745. The largest absolute Gasteiger partial charge is 0.460 e. The van der Waals surface area contributed by atoms with E-state index in [1.807, 2.05) is 70.2 Å². The van der Waals surface area contributed by atoms with Crippen LogP contribution in [0.4, 0.5) is 5.69 Å². The maximum atomic E-state index is 12.7. The van der Waals surface area contributed by atoms with E-state index in [1.54, 1.807) is 0 Å². The van der Waals surface area contributed by atoms with Gasteiger partial charge in [-0.15, -0.1) is 0 Å². The summed E-state index contributed by atoms with van der Waals surface area (Å²) in [6.07, 6.45) is 1.19. The van der Waals surface area contributed by atoms with Gasteiger partial charge < -0.3 is 10.1 Å². The lowest BCUT2D eigenvalue weighted by Crippen LogP contribution is -2.31. The maximum Gasteiger partial charge on any atom is 0.318 e. The SMILES string of the molecule is CCCC(C(=O)Nc1c(C)cc(C)cc1C)C(=O)OCc1ccccc1. The number of benzene rings is 2. The molecule has 2 aromatic rings. The molecule has 0 fully saturated rings. The molecule has 0 aromatic heterocycles. The van der Waals surface area contributed by atoms with E-state index in [4.69, 9.17) is 4.74 Å². The molecular formula is C22H27NO3. The van der Waals surface area contributed by atoms with Crippen molar-refractivity contribution in [2.75, 3.05) is 5.32 Å². The number of carbonyl (C=O) groups excluding carboxylic acids is 2. The highest BCUT2D eigenvalue weighted by molar-refractivity contribution is 6.05. The summed E-state index contributed by atoms with van der Waals surface area (Å²) in [6.45, 7) is 8.06. The van der Waals surface area contributed by atoms with Crippen molar-refractivity contribution in [2.45, 2.75) is 47.1 Å². The standard InChI is InChI=1S/C22H27NO3/c1-5-9-19(22(25)26-14-18-10-7-6-8-11-18)21(24)23-20-16(3)12-15(2)13-17(20)4/h6-8,10-13,19H,5,9,14H2,1-4H3,(H,23,24). The first-order valence-electron chi connectivity index (χ1n) is 9.01. The van der Waals surface area contributed by atoms with Crippen molar-refractivity contribution in [3.8, 4) is 0 Å². The first-order valence-corrected chi connectivity index (χ1v) is 9.01. The predicted molar refractivity (Wildman–Crippen MR) is 104 cm³/mol. The monoisotopic (exact) mass is 353 g/mol. The highest BCUT2D eigenvalue weighted by atomic mass is 16.5. The molecular weight excluding hydrogens is 326 g/mol. The number of carbonyl (C=O) groups is 2. The van der Waals surface area contributed by atoms with Crippen LogP contribution < -0.4 is 5.32 Å². The Morgan fingerprint density at radius 2 is 1.65 bits per heavy atom. The summed E-state index contributed by atoms with van der Waals surface area (Å²) in [5, 5.41) is 2.93. The lowest BCUT2D eigenvalue weighted by molar-refractivity contribution is -0.152. The number of aryl methyl sites for hydroxylation is 3. The zero-order valence-corrected chi connectivity index (χ0v) is 16.0. The summed E-state index contributed by atoms with van der Waals surface area (Å²) in [6, 6.07) is 13.5. The fourth-order valence-corrected chi connectivity index (χ4v) is 3.06. The summed E-state index contributed by atoms with van der Waals surface area (Å²) in [5.41, 5.74) is 4.80. The molecule has 4 nitrogen and oxygen atoms in total. The fraction of sp³-hybridized carbons (Fsp3) is 0.364. The van der Waals surface area contributed by atoms with E-state index in [2.05, 4.69) is 5.32 Å². The van der Waals surface area contributed by atoms with Crippen LogP contribution in [-0.2, 0) is 20.9 Å². The van der Waals surface area contributed by atoms with Crippen LogP contribution in [0.2, 0.25) is 0 Å². The van der Waals surface area contributed by atoms with Crippen molar-refractivity contribution in [2.24, 2.45) is 5.92 Å². The van der Waals surface area contributed by atoms with Gasteiger partial charge in [-0.05, 0) is 43.9 Å². The molecule has 0 saturated carbocycles. The minimum atomic E-state index is -0.802. The van der Waals surface area contributed by atoms with Gasteiger partial charge in [0.2, 0.25) is 5.91 Å². The molecule has 0 radical (unpaired) electrons. The summed E-state index contributed by atoms with van der Waals surface area (Å²) in [7, 11) is 0. The molecule has 0 spiro atoms. The molecule has 0 heterocycles. The Hall–Kier alpha value is -2.62. The van der Waals surface area contributed by atoms with Crippen molar-refractivity contribution < 1.29 is 14.3 Å². The van der Waals surface area contributed by atoms with Crippen molar-refractivity contribution >= 4 is 17.6 Å². The Labute approximate surface area is 155 Å². The number of amides is 1. The molecule has 0 saturated heterocycles. The van der Waals surface area contributed by atoms with Gasteiger partial charge in [0.25, 0.3) is 0 Å². The summed E-state index contributed by atoms with van der Waals surface area (Å²) in [5.74, 6) is -1.58. The van der Waals surface area contributed by atoms with Crippen LogP contribution in [-0.4, -0.2) is 11.9 Å². The van der Waals surface area contributed by atoms with E-state index < -0.39 is 11.9 Å². The highest BCUT2D eigenvalue weighted by Gasteiger charge is 2.28. The molecule has 1 N–H and O–H groups in total. The third-order valence-corrected chi connectivity index (χ3v) is 4.33. The van der Waals surface area contributed by atoms with Gasteiger partial charge in [0.1, 0.15) is 12.5 Å². The Kier molecular flexibility index (Phi) is 6.96. The molecule has 0 aliphatic heterocycles. The van der Waals surface area contributed by atoms with Gasteiger partial charge in [0, 0.05) is 5.69 Å². The van der Waals surface area contributed by atoms with E-state index >= 15 is 0 Å². The van der Waals surface area contributed by atoms with Crippen molar-refractivity contribution in [3.63, 3.8) is 0 Å². The third kappa shape index (κ3) is 5.19. The van der Waals surface area contributed by atoms with E-state index in [0.29, 0.717) is 6.42 Å². The zero-order valence-electron chi connectivity index (χ0n) is 16.0. The second kappa shape index (κ2) is 9.18. The smallest absolute Gasteiger partial charge is 0.318 e.